The summed E-state index contributed by atoms with van der Waals surface area (Å²) in [6, 6.07) is 69.5. The second-order valence-electron chi connectivity index (χ2n) is 13.6. The van der Waals surface area contributed by atoms with Gasteiger partial charge in [-0.3, -0.25) is 0 Å². The highest BCUT2D eigenvalue weighted by Gasteiger charge is 2.19. The Labute approximate surface area is 319 Å². The van der Waals surface area contributed by atoms with E-state index in [9.17, 15) is 0 Å². The topological polar surface area (TPSA) is 51.8 Å². The molecule has 0 aliphatic heterocycles. The summed E-state index contributed by atoms with van der Waals surface area (Å²) in [6.07, 6.45) is 0. The standard InChI is InChI=1S/C51H33N3O/c1-5-14-34(15-6-1)35-24-26-36(27-25-35)40-28-30-42(44(32-40)37-16-7-2-8-17-37)41-29-31-46-45(33-41)48-43(22-13-23-47(48)55-46)51-53-49(38-18-9-3-10-19-38)52-50(54-51)39-20-11-4-12-21-39/h1-33H. The summed E-state index contributed by atoms with van der Waals surface area (Å²) in [5.41, 5.74) is 13.7. The van der Waals surface area contributed by atoms with E-state index < -0.39 is 0 Å². The van der Waals surface area contributed by atoms with E-state index in [4.69, 9.17) is 19.4 Å². The van der Waals surface area contributed by atoms with Crippen molar-refractivity contribution < 1.29 is 4.42 Å². The van der Waals surface area contributed by atoms with Crippen LogP contribution in [0.25, 0.3) is 101 Å². The largest absolute Gasteiger partial charge is 0.456 e. The molecular weight excluding hydrogens is 671 g/mol. The van der Waals surface area contributed by atoms with Crippen molar-refractivity contribution in [1.29, 1.82) is 0 Å². The Hall–Kier alpha value is -7.43. The summed E-state index contributed by atoms with van der Waals surface area (Å²) in [5.74, 6) is 1.84. The van der Waals surface area contributed by atoms with Crippen molar-refractivity contribution in [3.8, 4) is 78.7 Å². The number of nitrogens with zero attached hydrogens (tertiary/aromatic N) is 3. The molecule has 4 heteroatoms. The number of benzene rings is 8. The summed E-state index contributed by atoms with van der Waals surface area (Å²) in [4.78, 5) is 15.1. The maximum Gasteiger partial charge on any atom is 0.164 e. The third kappa shape index (κ3) is 6.16. The van der Waals surface area contributed by atoms with Crippen molar-refractivity contribution in [2.24, 2.45) is 0 Å². The Balaban J connectivity index is 1.12. The zero-order chi connectivity index (χ0) is 36.6. The van der Waals surface area contributed by atoms with Gasteiger partial charge in [-0.15, -0.1) is 0 Å². The first-order valence-corrected chi connectivity index (χ1v) is 18.4. The minimum absolute atomic E-state index is 0.596. The van der Waals surface area contributed by atoms with Crippen LogP contribution in [0.4, 0.5) is 0 Å². The van der Waals surface area contributed by atoms with E-state index >= 15 is 0 Å². The minimum atomic E-state index is 0.596. The van der Waals surface area contributed by atoms with Crippen LogP contribution in [0.5, 0.6) is 0 Å². The molecule has 0 unspecified atom stereocenters. The van der Waals surface area contributed by atoms with E-state index in [2.05, 4.69) is 127 Å². The molecule has 0 N–H and O–H groups in total. The fourth-order valence-corrected chi connectivity index (χ4v) is 7.43. The minimum Gasteiger partial charge on any atom is -0.456 e. The van der Waals surface area contributed by atoms with Gasteiger partial charge in [0.15, 0.2) is 17.5 Å². The molecule has 8 aromatic carbocycles. The van der Waals surface area contributed by atoms with E-state index in [1.165, 1.54) is 16.7 Å². The van der Waals surface area contributed by atoms with Crippen LogP contribution in [0.1, 0.15) is 0 Å². The van der Waals surface area contributed by atoms with Crippen LogP contribution >= 0.6 is 0 Å². The Morgan fingerprint density at radius 3 is 1.38 bits per heavy atom. The number of furan rings is 1. The van der Waals surface area contributed by atoms with Gasteiger partial charge < -0.3 is 4.42 Å². The lowest BCUT2D eigenvalue weighted by molar-refractivity contribution is 0.669. The summed E-state index contributed by atoms with van der Waals surface area (Å²) in [7, 11) is 0. The van der Waals surface area contributed by atoms with Gasteiger partial charge in [-0.1, -0.05) is 176 Å². The van der Waals surface area contributed by atoms with Gasteiger partial charge in [0, 0.05) is 27.5 Å². The Morgan fingerprint density at radius 1 is 0.273 bits per heavy atom. The molecule has 2 aromatic heterocycles. The summed E-state index contributed by atoms with van der Waals surface area (Å²) in [5, 5.41) is 1.98. The van der Waals surface area contributed by atoms with E-state index in [1.807, 2.05) is 72.8 Å². The predicted molar refractivity (Wildman–Crippen MR) is 225 cm³/mol. The SMILES string of the molecule is c1ccc(-c2ccc(-c3ccc(-c4ccc5oc6cccc(-c7nc(-c8ccccc8)nc(-c8ccccc8)n7)c6c5c4)c(-c4ccccc4)c3)cc2)cc1. The normalized spacial score (nSPS) is 11.3. The van der Waals surface area contributed by atoms with Crippen molar-refractivity contribution in [1.82, 2.24) is 15.0 Å². The van der Waals surface area contributed by atoms with Crippen LogP contribution < -0.4 is 0 Å². The predicted octanol–water partition coefficient (Wildman–Crippen LogP) is 13.4. The molecule has 0 fully saturated rings. The van der Waals surface area contributed by atoms with Gasteiger partial charge in [0.05, 0.1) is 0 Å². The molecule has 4 nitrogen and oxygen atoms in total. The van der Waals surface area contributed by atoms with E-state index in [1.54, 1.807) is 0 Å². The fraction of sp³-hybridized carbons (Fsp3) is 0. The highest BCUT2D eigenvalue weighted by Crippen LogP contribution is 2.41. The number of hydrogen-bond acceptors (Lipinski definition) is 4. The molecule has 2 heterocycles. The average Bonchev–Trinajstić information content (AvgIpc) is 3.66. The number of fused-ring (bicyclic) bond motifs is 3. The van der Waals surface area contributed by atoms with Crippen molar-refractivity contribution in [2.45, 2.75) is 0 Å². The lowest BCUT2D eigenvalue weighted by Gasteiger charge is -2.14. The monoisotopic (exact) mass is 703 g/mol. The van der Waals surface area contributed by atoms with Crippen molar-refractivity contribution in [2.75, 3.05) is 0 Å². The van der Waals surface area contributed by atoms with Crippen LogP contribution in [0.15, 0.2) is 205 Å². The summed E-state index contributed by atoms with van der Waals surface area (Å²) >= 11 is 0. The molecule has 10 rings (SSSR count). The molecule has 0 saturated carbocycles. The van der Waals surface area contributed by atoms with E-state index in [0.29, 0.717) is 17.5 Å². The molecule has 0 aliphatic rings. The maximum absolute atomic E-state index is 6.50. The highest BCUT2D eigenvalue weighted by molar-refractivity contribution is 6.13. The third-order valence-corrected chi connectivity index (χ3v) is 10.2. The average molecular weight is 704 g/mol. The Kier molecular flexibility index (Phi) is 8.12. The number of aromatic nitrogens is 3. The van der Waals surface area contributed by atoms with Crippen molar-refractivity contribution in [3.63, 3.8) is 0 Å². The zero-order valence-electron chi connectivity index (χ0n) is 29.8. The number of hydrogen-bond donors (Lipinski definition) is 0. The van der Waals surface area contributed by atoms with Gasteiger partial charge in [0.25, 0.3) is 0 Å². The molecule has 0 saturated heterocycles. The molecule has 0 radical (unpaired) electrons. The van der Waals surface area contributed by atoms with Gasteiger partial charge in [-0.25, -0.2) is 15.0 Å². The van der Waals surface area contributed by atoms with Gasteiger partial charge in [-0.05, 0) is 68.8 Å². The molecule has 0 bridgehead atoms. The van der Waals surface area contributed by atoms with Crippen LogP contribution in [0.3, 0.4) is 0 Å². The van der Waals surface area contributed by atoms with Crippen LogP contribution in [0.2, 0.25) is 0 Å². The molecule has 0 atom stereocenters. The van der Waals surface area contributed by atoms with Crippen LogP contribution in [-0.4, -0.2) is 15.0 Å². The molecule has 0 aliphatic carbocycles. The van der Waals surface area contributed by atoms with Crippen molar-refractivity contribution >= 4 is 21.9 Å². The van der Waals surface area contributed by atoms with Gasteiger partial charge in [0.2, 0.25) is 0 Å². The van der Waals surface area contributed by atoms with Gasteiger partial charge >= 0.3 is 0 Å². The molecule has 258 valence electrons. The first-order chi connectivity index (χ1) is 27.2. The fourth-order valence-electron chi connectivity index (χ4n) is 7.43. The van der Waals surface area contributed by atoms with Gasteiger partial charge in [-0.2, -0.15) is 0 Å². The first-order valence-electron chi connectivity index (χ1n) is 18.4. The molecular formula is C51H33N3O. The van der Waals surface area contributed by atoms with Crippen LogP contribution in [0, 0.1) is 0 Å². The third-order valence-electron chi connectivity index (χ3n) is 10.2. The van der Waals surface area contributed by atoms with Gasteiger partial charge in [0.1, 0.15) is 11.2 Å². The highest BCUT2D eigenvalue weighted by atomic mass is 16.3. The van der Waals surface area contributed by atoms with E-state index in [-0.39, 0.29) is 0 Å². The second kappa shape index (κ2) is 13.8. The lowest BCUT2D eigenvalue weighted by atomic mass is 9.90. The summed E-state index contributed by atoms with van der Waals surface area (Å²) in [6.45, 7) is 0. The quantitative estimate of drug-likeness (QED) is 0.166. The Morgan fingerprint density at radius 2 is 0.764 bits per heavy atom. The lowest BCUT2D eigenvalue weighted by Crippen LogP contribution is -2.00. The Bertz CT molecular complexity index is 2880. The molecule has 55 heavy (non-hydrogen) atoms. The smallest absolute Gasteiger partial charge is 0.164 e. The van der Waals surface area contributed by atoms with E-state index in [0.717, 1.165) is 66.4 Å². The van der Waals surface area contributed by atoms with Crippen molar-refractivity contribution in [3.05, 3.63) is 200 Å². The second-order valence-corrected chi connectivity index (χ2v) is 13.6. The first kappa shape index (κ1) is 32.2. The molecule has 0 spiro atoms. The molecule has 0 amide bonds. The van der Waals surface area contributed by atoms with Crippen LogP contribution in [-0.2, 0) is 0 Å². The number of rotatable bonds is 7. The zero-order valence-corrected chi connectivity index (χ0v) is 29.8. The molecule has 10 aromatic rings. The summed E-state index contributed by atoms with van der Waals surface area (Å²) < 4.78 is 6.50. The maximum atomic E-state index is 6.50.